The van der Waals surface area contributed by atoms with Crippen LogP contribution in [0.15, 0.2) is 18.2 Å². The highest BCUT2D eigenvalue weighted by Crippen LogP contribution is 2.43. The maximum absolute atomic E-state index is 13.7. The molecule has 20 heavy (non-hydrogen) atoms. The maximum Gasteiger partial charge on any atom is 0.165 e. The molecule has 1 aliphatic carbocycles. The lowest BCUT2D eigenvalue weighted by atomic mass is 9.98. The summed E-state index contributed by atoms with van der Waals surface area (Å²) in [4.78, 5) is 0. The Hall–Kier alpha value is -1.13. The van der Waals surface area contributed by atoms with Crippen molar-refractivity contribution >= 4 is 0 Å². The zero-order chi connectivity index (χ0) is 14.0. The molecule has 1 unspecified atom stereocenters. The molecule has 0 amide bonds. The van der Waals surface area contributed by atoms with Crippen LogP contribution in [-0.2, 0) is 11.3 Å². The molecule has 1 aromatic carbocycles. The Balaban J connectivity index is 1.55. The van der Waals surface area contributed by atoms with E-state index in [0.29, 0.717) is 12.2 Å². The van der Waals surface area contributed by atoms with Crippen LogP contribution >= 0.6 is 0 Å². The SMILES string of the molecule is OCc1ccc(OCC2CCC3(CCCC3)O2)c(F)c1. The smallest absolute Gasteiger partial charge is 0.165 e. The number of aliphatic hydroxyl groups excluding tert-OH is 1. The number of rotatable bonds is 4. The number of hydrogen-bond acceptors (Lipinski definition) is 3. The van der Waals surface area contributed by atoms with E-state index in [9.17, 15) is 4.39 Å². The van der Waals surface area contributed by atoms with E-state index in [4.69, 9.17) is 14.6 Å². The Morgan fingerprint density at radius 2 is 2.10 bits per heavy atom. The molecule has 0 aromatic heterocycles. The minimum absolute atomic E-state index is 0.0741. The van der Waals surface area contributed by atoms with Crippen LogP contribution in [0.25, 0.3) is 0 Å². The number of halogens is 1. The van der Waals surface area contributed by atoms with Crippen molar-refractivity contribution in [2.75, 3.05) is 6.61 Å². The van der Waals surface area contributed by atoms with Crippen LogP contribution in [0.3, 0.4) is 0 Å². The largest absolute Gasteiger partial charge is 0.488 e. The van der Waals surface area contributed by atoms with Crippen LogP contribution in [0.2, 0.25) is 0 Å². The Morgan fingerprint density at radius 3 is 2.80 bits per heavy atom. The predicted octanol–water partition coefficient (Wildman–Crippen LogP) is 3.19. The van der Waals surface area contributed by atoms with Gasteiger partial charge in [-0.05, 0) is 43.4 Å². The van der Waals surface area contributed by atoms with Crippen LogP contribution in [-0.4, -0.2) is 23.4 Å². The van der Waals surface area contributed by atoms with E-state index >= 15 is 0 Å². The van der Waals surface area contributed by atoms with Gasteiger partial charge < -0.3 is 14.6 Å². The van der Waals surface area contributed by atoms with Crippen molar-refractivity contribution in [1.29, 1.82) is 0 Å². The molecule has 1 spiro atoms. The van der Waals surface area contributed by atoms with Crippen LogP contribution in [0.4, 0.5) is 4.39 Å². The second-order valence-electron chi connectivity index (χ2n) is 5.90. The molecule has 0 radical (unpaired) electrons. The lowest BCUT2D eigenvalue weighted by Gasteiger charge is -2.23. The van der Waals surface area contributed by atoms with E-state index in [1.165, 1.54) is 18.9 Å². The van der Waals surface area contributed by atoms with Crippen molar-refractivity contribution in [1.82, 2.24) is 0 Å². The van der Waals surface area contributed by atoms with Gasteiger partial charge in [-0.25, -0.2) is 4.39 Å². The molecule has 110 valence electrons. The van der Waals surface area contributed by atoms with Crippen molar-refractivity contribution in [3.05, 3.63) is 29.6 Å². The average molecular weight is 280 g/mol. The molecule has 1 aliphatic heterocycles. The molecule has 3 nitrogen and oxygen atoms in total. The third-order valence-corrected chi connectivity index (χ3v) is 4.46. The third-order valence-electron chi connectivity index (χ3n) is 4.46. The van der Waals surface area contributed by atoms with Gasteiger partial charge in [-0.15, -0.1) is 0 Å². The Labute approximate surface area is 118 Å². The van der Waals surface area contributed by atoms with E-state index in [1.807, 2.05) is 0 Å². The van der Waals surface area contributed by atoms with Gasteiger partial charge in [0, 0.05) is 0 Å². The van der Waals surface area contributed by atoms with Crippen molar-refractivity contribution in [3.8, 4) is 5.75 Å². The van der Waals surface area contributed by atoms with Gasteiger partial charge >= 0.3 is 0 Å². The van der Waals surface area contributed by atoms with Gasteiger partial charge in [0.15, 0.2) is 11.6 Å². The maximum atomic E-state index is 13.7. The van der Waals surface area contributed by atoms with E-state index < -0.39 is 5.82 Å². The Morgan fingerprint density at radius 1 is 1.30 bits per heavy atom. The fraction of sp³-hybridized carbons (Fsp3) is 0.625. The molecular weight excluding hydrogens is 259 g/mol. The first-order chi connectivity index (χ1) is 9.71. The van der Waals surface area contributed by atoms with E-state index in [0.717, 1.165) is 25.7 Å². The molecule has 4 heteroatoms. The summed E-state index contributed by atoms with van der Waals surface area (Å²) in [6, 6.07) is 4.55. The zero-order valence-corrected chi connectivity index (χ0v) is 11.6. The molecule has 1 heterocycles. The molecule has 2 aliphatic rings. The summed E-state index contributed by atoms with van der Waals surface area (Å²) in [5, 5.41) is 8.95. The summed E-state index contributed by atoms with van der Waals surface area (Å²) >= 11 is 0. The van der Waals surface area contributed by atoms with Gasteiger partial charge in [0.1, 0.15) is 6.61 Å². The predicted molar refractivity (Wildman–Crippen MR) is 73.1 cm³/mol. The highest BCUT2D eigenvalue weighted by atomic mass is 19.1. The molecule has 1 aromatic rings. The van der Waals surface area contributed by atoms with Crippen LogP contribution in [0, 0.1) is 5.82 Å². The summed E-state index contributed by atoms with van der Waals surface area (Å²) < 4.78 is 25.4. The fourth-order valence-corrected chi connectivity index (χ4v) is 3.34. The number of ether oxygens (including phenoxy) is 2. The molecule has 1 saturated carbocycles. The van der Waals surface area contributed by atoms with Crippen molar-refractivity contribution < 1.29 is 19.0 Å². The van der Waals surface area contributed by atoms with Crippen molar-refractivity contribution in [2.45, 2.75) is 56.8 Å². The van der Waals surface area contributed by atoms with E-state index in [2.05, 4.69) is 0 Å². The van der Waals surface area contributed by atoms with Gasteiger partial charge in [-0.3, -0.25) is 0 Å². The monoisotopic (exact) mass is 280 g/mol. The van der Waals surface area contributed by atoms with Gasteiger partial charge in [-0.1, -0.05) is 18.9 Å². The highest BCUT2D eigenvalue weighted by Gasteiger charge is 2.42. The first kappa shape index (κ1) is 13.8. The normalized spacial score (nSPS) is 24.4. The number of hydrogen-bond donors (Lipinski definition) is 1. The minimum atomic E-state index is -0.426. The Kier molecular flexibility index (Phi) is 3.94. The number of aliphatic hydroxyl groups is 1. The quantitative estimate of drug-likeness (QED) is 0.920. The second kappa shape index (κ2) is 5.70. The van der Waals surface area contributed by atoms with Gasteiger partial charge in [-0.2, -0.15) is 0 Å². The van der Waals surface area contributed by atoms with E-state index in [-0.39, 0.29) is 24.1 Å². The van der Waals surface area contributed by atoms with E-state index in [1.54, 1.807) is 12.1 Å². The van der Waals surface area contributed by atoms with Gasteiger partial charge in [0.05, 0.1) is 18.3 Å². The van der Waals surface area contributed by atoms with Gasteiger partial charge in [0.2, 0.25) is 0 Å². The molecule has 2 fully saturated rings. The average Bonchev–Trinajstić information content (AvgIpc) is 3.08. The summed E-state index contributed by atoms with van der Waals surface area (Å²) in [5.74, 6) is -0.191. The van der Waals surface area contributed by atoms with Crippen LogP contribution in [0.5, 0.6) is 5.75 Å². The van der Waals surface area contributed by atoms with Crippen molar-refractivity contribution in [3.63, 3.8) is 0 Å². The summed E-state index contributed by atoms with van der Waals surface area (Å²) in [5.41, 5.74) is 0.643. The molecule has 3 rings (SSSR count). The first-order valence-electron chi connectivity index (χ1n) is 7.41. The lowest BCUT2D eigenvalue weighted by Crippen LogP contribution is -2.27. The third kappa shape index (κ3) is 2.81. The summed E-state index contributed by atoms with van der Waals surface area (Å²) in [6.07, 6.45) is 7.00. The zero-order valence-electron chi connectivity index (χ0n) is 11.6. The molecule has 1 atom stereocenters. The topological polar surface area (TPSA) is 38.7 Å². The second-order valence-corrected chi connectivity index (χ2v) is 5.90. The van der Waals surface area contributed by atoms with Crippen molar-refractivity contribution in [2.24, 2.45) is 0 Å². The first-order valence-corrected chi connectivity index (χ1v) is 7.41. The molecule has 0 bridgehead atoms. The minimum Gasteiger partial charge on any atom is -0.488 e. The standard InChI is InChI=1S/C16H21FO3/c17-14-9-12(10-18)3-4-15(14)19-11-13-5-8-16(20-13)6-1-2-7-16/h3-4,9,13,18H,1-2,5-8,10-11H2. The van der Waals surface area contributed by atoms with Gasteiger partial charge in [0.25, 0.3) is 0 Å². The van der Waals surface area contributed by atoms with Crippen LogP contribution in [0.1, 0.15) is 44.1 Å². The fourth-order valence-electron chi connectivity index (χ4n) is 3.34. The number of benzene rings is 1. The molecular formula is C16H21FO3. The highest BCUT2D eigenvalue weighted by molar-refractivity contribution is 5.29. The lowest BCUT2D eigenvalue weighted by molar-refractivity contribution is -0.0512. The molecule has 1 N–H and O–H groups in total. The summed E-state index contributed by atoms with van der Waals surface area (Å²) in [6.45, 7) is 0.239. The summed E-state index contributed by atoms with van der Waals surface area (Å²) in [7, 11) is 0. The Bertz CT molecular complexity index is 469. The van der Waals surface area contributed by atoms with Crippen LogP contribution < -0.4 is 4.74 Å². The molecule has 1 saturated heterocycles.